The van der Waals surface area contributed by atoms with E-state index in [0.29, 0.717) is 0 Å². The highest BCUT2D eigenvalue weighted by Gasteiger charge is 2.01. The molecule has 14 heavy (non-hydrogen) atoms. The Morgan fingerprint density at radius 2 is 2.14 bits per heavy atom. The molecule has 1 aromatic carbocycles. The molecule has 0 spiro atoms. The molecule has 0 atom stereocenters. The molecule has 0 aliphatic rings. The van der Waals surface area contributed by atoms with Gasteiger partial charge in [-0.25, -0.2) is 0 Å². The van der Waals surface area contributed by atoms with E-state index in [0.717, 1.165) is 17.9 Å². The van der Waals surface area contributed by atoms with Gasteiger partial charge in [0.2, 0.25) is 0 Å². The number of hydrogen-bond donors (Lipinski definition) is 1. The summed E-state index contributed by atoms with van der Waals surface area (Å²) in [6.07, 6.45) is 3.35. The second-order valence-corrected chi connectivity index (χ2v) is 3.07. The molecule has 0 heterocycles. The van der Waals surface area contributed by atoms with Crippen LogP contribution < -0.4 is 10.5 Å². The molecule has 0 aromatic heterocycles. The fraction of sp³-hybridized carbons (Fsp3) is 0.273. The van der Waals surface area contributed by atoms with E-state index in [1.54, 1.807) is 7.11 Å². The molecule has 2 N–H and O–H groups in total. The van der Waals surface area contributed by atoms with Crippen LogP contribution in [-0.2, 0) is 6.54 Å². The minimum Gasteiger partial charge on any atom is -0.496 e. The van der Waals surface area contributed by atoms with Crippen molar-refractivity contribution in [3.8, 4) is 5.75 Å². The van der Waals surface area contributed by atoms with E-state index in [9.17, 15) is 0 Å². The maximum atomic E-state index is 5.30. The van der Waals surface area contributed by atoms with Crippen LogP contribution in [-0.4, -0.2) is 19.1 Å². The maximum Gasteiger partial charge on any atom is 0.123 e. The Balaban J connectivity index is 2.75. The van der Waals surface area contributed by atoms with E-state index in [4.69, 9.17) is 10.5 Å². The average molecular weight is 192 g/mol. The molecular formula is C11H16N2O. The number of para-hydroxylation sites is 1. The van der Waals surface area contributed by atoms with Crippen LogP contribution >= 0.6 is 0 Å². The molecule has 0 aliphatic heterocycles. The van der Waals surface area contributed by atoms with Gasteiger partial charge in [-0.1, -0.05) is 18.2 Å². The maximum absolute atomic E-state index is 5.30. The number of nitrogens with two attached hydrogens (primary N) is 1. The van der Waals surface area contributed by atoms with E-state index < -0.39 is 0 Å². The summed E-state index contributed by atoms with van der Waals surface area (Å²) in [7, 11) is 3.65. The van der Waals surface area contributed by atoms with Gasteiger partial charge >= 0.3 is 0 Å². The Morgan fingerprint density at radius 3 is 2.79 bits per heavy atom. The molecule has 0 aliphatic carbocycles. The van der Waals surface area contributed by atoms with Gasteiger partial charge in [0.1, 0.15) is 5.75 Å². The van der Waals surface area contributed by atoms with E-state index in [1.807, 2.05) is 42.4 Å². The van der Waals surface area contributed by atoms with E-state index in [1.165, 1.54) is 6.20 Å². The minimum atomic E-state index is 0.789. The van der Waals surface area contributed by atoms with Crippen molar-refractivity contribution >= 4 is 0 Å². The zero-order valence-electron chi connectivity index (χ0n) is 8.60. The van der Waals surface area contributed by atoms with Crippen molar-refractivity contribution in [2.45, 2.75) is 6.54 Å². The standard InChI is InChI=1S/C11H16N2O/c1-13(8-7-12)9-10-5-3-4-6-11(10)14-2/h3-8H,9,12H2,1-2H3. The smallest absolute Gasteiger partial charge is 0.123 e. The number of benzene rings is 1. The summed E-state index contributed by atoms with van der Waals surface area (Å²) in [5, 5.41) is 0. The van der Waals surface area contributed by atoms with Gasteiger partial charge < -0.3 is 15.4 Å². The van der Waals surface area contributed by atoms with Crippen molar-refractivity contribution in [2.75, 3.05) is 14.2 Å². The molecule has 3 nitrogen and oxygen atoms in total. The quantitative estimate of drug-likeness (QED) is 0.786. The predicted octanol–water partition coefficient (Wildman–Crippen LogP) is 1.56. The molecule has 0 bridgehead atoms. The molecule has 0 fully saturated rings. The fourth-order valence-electron chi connectivity index (χ4n) is 1.30. The number of methoxy groups -OCH3 is 1. The molecule has 0 amide bonds. The van der Waals surface area contributed by atoms with Crippen LogP contribution in [0.5, 0.6) is 5.75 Å². The zero-order valence-corrected chi connectivity index (χ0v) is 8.60. The van der Waals surface area contributed by atoms with E-state index in [-0.39, 0.29) is 0 Å². The molecule has 0 radical (unpaired) electrons. The number of rotatable bonds is 4. The molecule has 76 valence electrons. The van der Waals surface area contributed by atoms with Crippen LogP contribution in [0, 0.1) is 0 Å². The number of ether oxygens (including phenoxy) is 1. The third kappa shape index (κ3) is 2.69. The van der Waals surface area contributed by atoms with Gasteiger partial charge in [0.05, 0.1) is 7.11 Å². The average Bonchev–Trinajstić information content (AvgIpc) is 2.19. The summed E-state index contributed by atoms with van der Waals surface area (Å²) >= 11 is 0. The van der Waals surface area contributed by atoms with Gasteiger partial charge in [0.25, 0.3) is 0 Å². The molecule has 1 aromatic rings. The first-order valence-electron chi connectivity index (χ1n) is 4.48. The molecule has 3 heteroatoms. The summed E-state index contributed by atoms with van der Waals surface area (Å²) in [4.78, 5) is 2.00. The summed E-state index contributed by atoms with van der Waals surface area (Å²) in [6.45, 7) is 0.789. The lowest BCUT2D eigenvalue weighted by Crippen LogP contribution is -2.11. The number of nitrogens with zero attached hydrogens (tertiary/aromatic N) is 1. The van der Waals surface area contributed by atoms with Crippen LogP contribution in [0.2, 0.25) is 0 Å². The molecular weight excluding hydrogens is 176 g/mol. The van der Waals surface area contributed by atoms with E-state index >= 15 is 0 Å². The van der Waals surface area contributed by atoms with E-state index in [2.05, 4.69) is 0 Å². The summed E-state index contributed by atoms with van der Waals surface area (Å²) < 4.78 is 5.24. The molecule has 1 rings (SSSR count). The zero-order chi connectivity index (χ0) is 10.4. The first kappa shape index (κ1) is 10.4. The van der Waals surface area contributed by atoms with Gasteiger partial charge in [-0.3, -0.25) is 0 Å². The molecule has 0 unspecified atom stereocenters. The Labute approximate surface area is 84.8 Å². The van der Waals surface area contributed by atoms with Crippen molar-refractivity contribution in [3.05, 3.63) is 42.2 Å². The SMILES string of the molecule is COc1ccccc1CN(C)C=CN. The van der Waals surface area contributed by atoms with Crippen molar-refractivity contribution < 1.29 is 4.74 Å². The third-order valence-corrected chi connectivity index (χ3v) is 1.95. The second-order valence-electron chi connectivity index (χ2n) is 3.07. The summed E-state index contributed by atoms with van der Waals surface area (Å²) in [6, 6.07) is 7.95. The summed E-state index contributed by atoms with van der Waals surface area (Å²) in [5.41, 5.74) is 6.45. The fourth-order valence-corrected chi connectivity index (χ4v) is 1.30. The van der Waals surface area contributed by atoms with Crippen LogP contribution in [0.25, 0.3) is 0 Å². The Kier molecular flexibility index (Phi) is 3.85. The van der Waals surface area contributed by atoms with Crippen LogP contribution in [0.4, 0.5) is 0 Å². The first-order chi connectivity index (χ1) is 6.77. The first-order valence-corrected chi connectivity index (χ1v) is 4.48. The topological polar surface area (TPSA) is 38.5 Å². The lowest BCUT2D eigenvalue weighted by molar-refractivity contribution is 0.390. The number of hydrogen-bond acceptors (Lipinski definition) is 3. The largest absolute Gasteiger partial charge is 0.496 e. The Morgan fingerprint density at radius 1 is 1.43 bits per heavy atom. The highest BCUT2D eigenvalue weighted by molar-refractivity contribution is 5.33. The van der Waals surface area contributed by atoms with Crippen LogP contribution in [0.3, 0.4) is 0 Å². The highest BCUT2D eigenvalue weighted by Crippen LogP contribution is 2.18. The van der Waals surface area contributed by atoms with Gasteiger partial charge in [0, 0.05) is 31.6 Å². The Hall–Kier alpha value is -1.64. The summed E-state index contributed by atoms with van der Waals surface area (Å²) in [5.74, 6) is 0.907. The van der Waals surface area contributed by atoms with Crippen molar-refractivity contribution in [1.29, 1.82) is 0 Å². The molecule has 0 saturated heterocycles. The third-order valence-electron chi connectivity index (χ3n) is 1.95. The van der Waals surface area contributed by atoms with Crippen molar-refractivity contribution in [1.82, 2.24) is 4.90 Å². The van der Waals surface area contributed by atoms with Gasteiger partial charge in [-0.05, 0) is 6.07 Å². The minimum absolute atomic E-state index is 0.789. The highest BCUT2D eigenvalue weighted by atomic mass is 16.5. The Bertz CT molecular complexity index is 310. The van der Waals surface area contributed by atoms with Gasteiger partial charge in [-0.2, -0.15) is 0 Å². The van der Waals surface area contributed by atoms with Gasteiger partial charge in [-0.15, -0.1) is 0 Å². The predicted molar refractivity (Wildman–Crippen MR) is 57.8 cm³/mol. The van der Waals surface area contributed by atoms with Crippen molar-refractivity contribution in [3.63, 3.8) is 0 Å². The normalized spacial score (nSPS) is 10.4. The molecule has 0 saturated carbocycles. The lowest BCUT2D eigenvalue weighted by Gasteiger charge is -2.15. The van der Waals surface area contributed by atoms with Crippen molar-refractivity contribution in [2.24, 2.45) is 5.73 Å². The van der Waals surface area contributed by atoms with Gasteiger partial charge in [0.15, 0.2) is 0 Å². The van der Waals surface area contributed by atoms with Crippen LogP contribution in [0.15, 0.2) is 36.7 Å². The monoisotopic (exact) mass is 192 g/mol. The second kappa shape index (κ2) is 5.17. The lowest BCUT2D eigenvalue weighted by atomic mass is 10.2. The van der Waals surface area contributed by atoms with Crippen LogP contribution in [0.1, 0.15) is 5.56 Å².